The summed E-state index contributed by atoms with van der Waals surface area (Å²) >= 11 is 12.4. The maximum absolute atomic E-state index is 13.9. The highest BCUT2D eigenvalue weighted by molar-refractivity contribution is 7.92. The lowest BCUT2D eigenvalue weighted by Crippen LogP contribution is -2.51. The molecule has 3 rings (SSSR count). The summed E-state index contributed by atoms with van der Waals surface area (Å²) in [6.45, 7) is 3.34. The third-order valence-corrected chi connectivity index (χ3v) is 8.40. The molecule has 8 nitrogen and oxygen atoms in total. The molecule has 0 bridgehead atoms. The second-order valence-electron chi connectivity index (χ2n) is 8.75. The lowest BCUT2D eigenvalue weighted by Gasteiger charge is -2.32. The van der Waals surface area contributed by atoms with Crippen LogP contribution in [0.15, 0.2) is 77.7 Å². The summed E-state index contributed by atoms with van der Waals surface area (Å²) < 4.78 is 33.9. The van der Waals surface area contributed by atoms with Gasteiger partial charge in [0.05, 0.1) is 17.7 Å². The Morgan fingerprint density at radius 2 is 1.72 bits per heavy atom. The van der Waals surface area contributed by atoms with Crippen LogP contribution in [0.2, 0.25) is 10.0 Å². The first-order chi connectivity index (χ1) is 18.6. The fourth-order valence-electron chi connectivity index (χ4n) is 3.83. The van der Waals surface area contributed by atoms with Gasteiger partial charge in [-0.15, -0.1) is 0 Å². The van der Waals surface area contributed by atoms with Crippen LogP contribution in [0.5, 0.6) is 5.75 Å². The number of ether oxygens (including phenoxy) is 1. The number of halogens is 2. The van der Waals surface area contributed by atoms with Crippen LogP contribution < -0.4 is 14.4 Å². The third-order valence-electron chi connectivity index (χ3n) is 6.02. The van der Waals surface area contributed by atoms with Crippen LogP contribution in [-0.4, -0.2) is 51.4 Å². The normalized spacial score (nSPS) is 11.9. The summed E-state index contributed by atoms with van der Waals surface area (Å²) in [7, 11) is -2.70. The summed E-state index contributed by atoms with van der Waals surface area (Å²) in [5, 5.41) is 3.54. The van der Waals surface area contributed by atoms with E-state index in [9.17, 15) is 18.0 Å². The number of carbonyl (C=O) groups is 2. The number of sulfonamides is 1. The Hall–Kier alpha value is -3.27. The van der Waals surface area contributed by atoms with Crippen LogP contribution in [0.1, 0.15) is 25.8 Å². The molecule has 0 saturated heterocycles. The molecule has 1 unspecified atom stereocenters. The molecule has 3 aromatic rings. The van der Waals surface area contributed by atoms with Gasteiger partial charge in [0, 0.05) is 29.2 Å². The van der Waals surface area contributed by atoms with Crippen molar-refractivity contribution in [1.82, 2.24) is 10.2 Å². The van der Waals surface area contributed by atoms with Crippen LogP contribution in [0.3, 0.4) is 0 Å². The number of nitrogens with zero attached hydrogens (tertiary/aromatic N) is 2. The van der Waals surface area contributed by atoms with Gasteiger partial charge in [0.2, 0.25) is 11.8 Å². The van der Waals surface area contributed by atoms with Crippen LogP contribution >= 0.6 is 23.2 Å². The van der Waals surface area contributed by atoms with Gasteiger partial charge < -0.3 is 15.0 Å². The first kappa shape index (κ1) is 30.3. The first-order valence-electron chi connectivity index (χ1n) is 12.3. The van der Waals surface area contributed by atoms with Gasteiger partial charge in [0.25, 0.3) is 10.0 Å². The molecule has 39 heavy (non-hydrogen) atoms. The highest BCUT2D eigenvalue weighted by atomic mass is 35.5. The highest BCUT2D eigenvalue weighted by Crippen LogP contribution is 2.28. The predicted octanol–water partition coefficient (Wildman–Crippen LogP) is 5.14. The topological polar surface area (TPSA) is 96.0 Å². The van der Waals surface area contributed by atoms with Gasteiger partial charge in [-0.2, -0.15) is 0 Å². The average molecular weight is 593 g/mol. The number of methoxy groups -OCH3 is 1. The molecule has 1 N–H and O–H groups in total. The van der Waals surface area contributed by atoms with Crippen molar-refractivity contribution in [1.29, 1.82) is 0 Å². The molecule has 0 heterocycles. The minimum atomic E-state index is -4.17. The van der Waals surface area contributed by atoms with Crippen LogP contribution in [0.4, 0.5) is 5.69 Å². The smallest absolute Gasteiger partial charge is 0.264 e. The molecule has 0 aliphatic carbocycles. The van der Waals surface area contributed by atoms with Crippen LogP contribution in [-0.2, 0) is 26.2 Å². The quantitative estimate of drug-likeness (QED) is 0.314. The van der Waals surface area contributed by atoms with E-state index in [1.165, 1.54) is 30.2 Å². The molecule has 1 atom stereocenters. The summed E-state index contributed by atoms with van der Waals surface area (Å²) in [6.07, 6.45) is 0.717. The van der Waals surface area contributed by atoms with Crippen molar-refractivity contribution < 1.29 is 22.7 Å². The molecule has 0 spiro atoms. The zero-order chi connectivity index (χ0) is 28.6. The first-order valence-corrected chi connectivity index (χ1v) is 14.5. The van der Waals surface area contributed by atoms with Gasteiger partial charge in [0.15, 0.2) is 0 Å². The third kappa shape index (κ3) is 7.65. The van der Waals surface area contributed by atoms with Gasteiger partial charge >= 0.3 is 0 Å². The Labute approximate surface area is 239 Å². The van der Waals surface area contributed by atoms with Gasteiger partial charge in [0.1, 0.15) is 18.3 Å². The number of rotatable bonds is 12. The van der Waals surface area contributed by atoms with Gasteiger partial charge in [-0.25, -0.2) is 8.42 Å². The van der Waals surface area contributed by atoms with Gasteiger partial charge in [-0.1, -0.05) is 60.5 Å². The van der Waals surface area contributed by atoms with Crippen molar-refractivity contribution in [2.24, 2.45) is 0 Å². The maximum atomic E-state index is 13.9. The fraction of sp³-hybridized carbons (Fsp3) is 0.286. The maximum Gasteiger partial charge on any atom is 0.264 e. The van der Waals surface area contributed by atoms with E-state index in [0.29, 0.717) is 34.3 Å². The molecular weight excluding hydrogens is 561 g/mol. The number of hydrogen-bond acceptors (Lipinski definition) is 5. The van der Waals surface area contributed by atoms with E-state index in [1.54, 1.807) is 61.5 Å². The molecule has 0 saturated carbocycles. The highest BCUT2D eigenvalue weighted by Gasteiger charge is 2.32. The van der Waals surface area contributed by atoms with Gasteiger partial charge in [-0.3, -0.25) is 13.9 Å². The number of carbonyl (C=O) groups excluding carboxylic acids is 2. The molecule has 11 heteroatoms. The predicted molar refractivity (Wildman–Crippen MR) is 154 cm³/mol. The lowest BCUT2D eigenvalue weighted by atomic mass is 10.1. The fourth-order valence-corrected chi connectivity index (χ4v) is 5.72. The van der Waals surface area contributed by atoms with E-state index in [4.69, 9.17) is 27.9 Å². The number of benzene rings is 3. The summed E-state index contributed by atoms with van der Waals surface area (Å²) in [4.78, 5) is 28.2. The SMILES string of the molecule is CCCNC(=O)C(C)N(Cc1ccc(Cl)cc1Cl)C(=O)CN(c1cccc(OC)c1)S(=O)(=O)c1ccccc1. The minimum absolute atomic E-state index is 0.0154. The number of anilines is 1. The molecule has 3 aromatic carbocycles. The minimum Gasteiger partial charge on any atom is -0.497 e. The second-order valence-corrected chi connectivity index (χ2v) is 11.5. The number of nitrogens with one attached hydrogen (secondary N) is 1. The standard InChI is InChI=1S/C28H31Cl2N3O5S/c1-4-15-31-28(35)20(2)32(18-21-13-14-22(29)16-26(21)30)27(34)19-33(23-9-8-10-24(17-23)38-3)39(36,37)25-11-6-5-7-12-25/h5-14,16-17,20H,4,15,18-19H2,1-3H3,(H,31,35). The number of hydrogen-bond donors (Lipinski definition) is 1. The average Bonchev–Trinajstić information content (AvgIpc) is 2.94. The van der Waals surface area contributed by atoms with E-state index in [1.807, 2.05) is 6.92 Å². The molecule has 0 aliphatic rings. The summed E-state index contributed by atoms with van der Waals surface area (Å²) in [5.74, 6) is -0.540. The Bertz CT molecular complexity index is 1400. The molecular formula is C28H31Cl2N3O5S. The van der Waals surface area contributed by atoms with E-state index < -0.39 is 28.5 Å². The molecule has 0 aromatic heterocycles. The molecule has 2 amide bonds. The molecule has 208 valence electrons. The monoisotopic (exact) mass is 591 g/mol. The van der Waals surface area contributed by atoms with Gasteiger partial charge in [-0.05, 0) is 55.3 Å². The van der Waals surface area contributed by atoms with Crippen molar-refractivity contribution in [3.05, 3.63) is 88.4 Å². The van der Waals surface area contributed by atoms with Crippen molar-refractivity contribution in [2.45, 2.75) is 37.8 Å². The van der Waals surface area contributed by atoms with E-state index in [0.717, 1.165) is 4.31 Å². The molecule has 0 radical (unpaired) electrons. The Morgan fingerprint density at radius 3 is 2.36 bits per heavy atom. The lowest BCUT2D eigenvalue weighted by molar-refractivity contribution is -0.139. The van der Waals surface area contributed by atoms with E-state index >= 15 is 0 Å². The summed E-state index contributed by atoms with van der Waals surface area (Å²) in [6, 6.07) is 18.2. The largest absolute Gasteiger partial charge is 0.497 e. The molecule has 0 fully saturated rings. The van der Waals surface area contributed by atoms with E-state index in [2.05, 4.69) is 5.32 Å². The van der Waals surface area contributed by atoms with Crippen LogP contribution in [0, 0.1) is 0 Å². The van der Waals surface area contributed by atoms with Crippen molar-refractivity contribution in [3.63, 3.8) is 0 Å². The Balaban J connectivity index is 2.04. The molecule has 0 aliphatic heterocycles. The van der Waals surface area contributed by atoms with E-state index in [-0.39, 0.29) is 23.0 Å². The van der Waals surface area contributed by atoms with Crippen LogP contribution in [0.25, 0.3) is 0 Å². The second kappa shape index (κ2) is 13.7. The van der Waals surface area contributed by atoms with Crippen molar-refractivity contribution in [3.8, 4) is 5.75 Å². The number of amides is 2. The Kier molecular flexibility index (Phi) is 10.6. The zero-order valence-corrected chi connectivity index (χ0v) is 24.3. The zero-order valence-electron chi connectivity index (χ0n) is 21.9. The van der Waals surface area contributed by atoms with Crippen molar-refractivity contribution in [2.75, 3.05) is 24.5 Å². The Morgan fingerprint density at radius 1 is 1.00 bits per heavy atom. The summed E-state index contributed by atoms with van der Waals surface area (Å²) in [5.41, 5.74) is 0.794. The van der Waals surface area contributed by atoms with Crippen molar-refractivity contribution >= 4 is 50.7 Å².